The quantitative estimate of drug-likeness (QED) is 0.723. The van der Waals surface area contributed by atoms with Crippen molar-refractivity contribution in [1.82, 2.24) is 9.78 Å². The van der Waals surface area contributed by atoms with Gasteiger partial charge in [-0.05, 0) is 49.6 Å². The van der Waals surface area contributed by atoms with Crippen LogP contribution in [0.2, 0.25) is 0 Å². The minimum atomic E-state index is -0.444. The average Bonchev–Trinajstić information content (AvgIpc) is 3.31. The summed E-state index contributed by atoms with van der Waals surface area (Å²) in [6.45, 7) is 0. The van der Waals surface area contributed by atoms with Crippen molar-refractivity contribution in [3.63, 3.8) is 0 Å². The van der Waals surface area contributed by atoms with Gasteiger partial charge in [0.2, 0.25) is 0 Å². The topological polar surface area (TPSA) is 73.2 Å². The second kappa shape index (κ2) is 7.07. The van der Waals surface area contributed by atoms with Crippen molar-refractivity contribution in [3.05, 3.63) is 77.1 Å². The molecule has 1 amide bonds. The number of ether oxygens (including phenoxy) is 1. The summed E-state index contributed by atoms with van der Waals surface area (Å²) in [6, 6.07) is 16.5. The molecule has 0 saturated heterocycles. The highest BCUT2D eigenvalue weighted by atomic mass is 16.5. The number of anilines is 1. The third-order valence-electron chi connectivity index (χ3n) is 4.69. The maximum absolute atomic E-state index is 12.9. The van der Waals surface area contributed by atoms with Crippen LogP contribution in [-0.2, 0) is 17.6 Å². The van der Waals surface area contributed by atoms with E-state index in [-0.39, 0.29) is 5.91 Å². The first-order valence-corrected chi connectivity index (χ1v) is 8.83. The highest BCUT2D eigenvalue weighted by molar-refractivity contribution is 6.04. The number of carbonyl (C=O) groups is 2. The molecule has 1 aliphatic carbocycles. The minimum absolute atomic E-state index is 0.273. The maximum Gasteiger partial charge on any atom is 0.337 e. The normalized spacial score (nSPS) is 12.5. The molecule has 0 fully saturated rings. The van der Waals surface area contributed by atoms with Gasteiger partial charge >= 0.3 is 5.97 Å². The lowest BCUT2D eigenvalue weighted by Crippen LogP contribution is -2.15. The summed E-state index contributed by atoms with van der Waals surface area (Å²) >= 11 is 0. The molecule has 2 aromatic carbocycles. The van der Waals surface area contributed by atoms with Crippen LogP contribution in [0.5, 0.6) is 0 Å². The summed E-state index contributed by atoms with van der Waals surface area (Å²) in [5.74, 6) is -0.717. The highest BCUT2D eigenvalue weighted by Crippen LogP contribution is 2.28. The molecule has 0 aliphatic heterocycles. The predicted molar refractivity (Wildman–Crippen MR) is 101 cm³/mol. The van der Waals surface area contributed by atoms with E-state index < -0.39 is 5.97 Å². The number of methoxy groups -OCH3 is 1. The molecular weight excluding hydrogens is 342 g/mol. The first-order valence-electron chi connectivity index (χ1n) is 8.83. The van der Waals surface area contributed by atoms with Crippen LogP contribution in [0.4, 0.5) is 5.69 Å². The van der Waals surface area contributed by atoms with Gasteiger partial charge in [0.15, 0.2) is 5.69 Å². The molecule has 0 atom stereocenters. The SMILES string of the molecule is COC(=O)c1cccc(NC(=O)c2nn(-c3ccccc3)c3c2CCC3)c1. The van der Waals surface area contributed by atoms with E-state index in [0.29, 0.717) is 16.9 Å². The fourth-order valence-corrected chi connectivity index (χ4v) is 3.43. The van der Waals surface area contributed by atoms with E-state index in [2.05, 4.69) is 10.4 Å². The Hall–Kier alpha value is -3.41. The molecule has 0 saturated carbocycles. The van der Waals surface area contributed by atoms with Crippen molar-refractivity contribution >= 4 is 17.6 Å². The van der Waals surface area contributed by atoms with Gasteiger partial charge in [-0.3, -0.25) is 4.79 Å². The highest BCUT2D eigenvalue weighted by Gasteiger charge is 2.27. The Morgan fingerprint density at radius 1 is 1.07 bits per heavy atom. The number of para-hydroxylation sites is 1. The van der Waals surface area contributed by atoms with Gasteiger partial charge in [0, 0.05) is 16.9 Å². The minimum Gasteiger partial charge on any atom is -0.465 e. The zero-order chi connectivity index (χ0) is 18.8. The zero-order valence-corrected chi connectivity index (χ0v) is 14.9. The summed E-state index contributed by atoms with van der Waals surface area (Å²) in [5.41, 5.74) is 4.40. The van der Waals surface area contributed by atoms with Crippen molar-refractivity contribution in [3.8, 4) is 5.69 Å². The number of carbonyl (C=O) groups excluding carboxylic acids is 2. The summed E-state index contributed by atoms with van der Waals surface area (Å²) in [5, 5.41) is 7.43. The van der Waals surface area contributed by atoms with E-state index in [1.54, 1.807) is 24.3 Å². The third kappa shape index (κ3) is 3.21. The van der Waals surface area contributed by atoms with Crippen LogP contribution in [0.3, 0.4) is 0 Å². The van der Waals surface area contributed by atoms with Crippen LogP contribution < -0.4 is 5.32 Å². The second-order valence-electron chi connectivity index (χ2n) is 6.40. The maximum atomic E-state index is 12.9. The molecule has 6 heteroatoms. The number of benzene rings is 2. The van der Waals surface area contributed by atoms with Gasteiger partial charge in [-0.1, -0.05) is 24.3 Å². The van der Waals surface area contributed by atoms with E-state index in [4.69, 9.17) is 4.74 Å². The van der Waals surface area contributed by atoms with Crippen LogP contribution in [0, 0.1) is 0 Å². The van der Waals surface area contributed by atoms with E-state index in [1.165, 1.54) is 7.11 Å². The van der Waals surface area contributed by atoms with Gasteiger partial charge < -0.3 is 10.1 Å². The lowest BCUT2D eigenvalue weighted by Gasteiger charge is -2.06. The van der Waals surface area contributed by atoms with Crippen molar-refractivity contribution in [2.45, 2.75) is 19.3 Å². The molecule has 0 spiro atoms. The molecule has 1 heterocycles. The number of hydrogen-bond acceptors (Lipinski definition) is 4. The standard InChI is InChI=1S/C21H19N3O3/c1-27-21(26)14-7-5-8-15(13-14)22-20(25)19-17-11-6-12-18(17)24(23-19)16-9-3-2-4-10-16/h2-5,7-10,13H,6,11-12H2,1H3,(H,22,25). The Labute approximate surface area is 156 Å². The Morgan fingerprint density at radius 2 is 1.89 bits per heavy atom. The molecule has 136 valence electrons. The van der Waals surface area contributed by atoms with Gasteiger partial charge in [-0.25, -0.2) is 9.48 Å². The second-order valence-corrected chi connectivity index (χ2v) is 6.40. The number of rotatable bonds is 4. The van der Waals surface area contributed by atoms with Crippen LogP contribution >= 0.6 is 0 Å². The van der Waals surface area contributed by atoms with Crippen LogP contribution in [0.1, 0.15) is 38.5 Å². The van der Waals surface area contributed by atoms with Crippen molar-refractivity contribution in [2.75, 3.05) is 12.4 Å². The Kier molecular flexibility index (Phi) is 4.46. The summed E-state index contributed by atoms with van der Waals surface area (Å²) < 4.78 is 6.59. The monoisotopic (exact) mass is 361 g/mol. The molecule has 6 nitrogen and oxygen atoms in total. The first kappa shape index (κ1) is 17.0. The Balaban J connectivity index is 1.65. The zero-order valence-electron chi connectivity index (χ0n) is 14.9. The van der Waals surface area contributed by atoms with Crippen LogP contribution in [0.15, 0.2) is 54.6 Å². The molecule has 1 N–H and O–H groups in total. The van der Waals surface area contributed by atoms with Gasteiger partial charge in [0.25, 0.3) is 5.91 Å². The van der Waals surface area contributed by atoms with E-state index in [0.717, 1.165) is 36.2 Å². The molecule has 3 aromatic rings. The molecule has 27 heavy (non-hydrogen) atoms. The molecule has 0 radical (unpaired) electrons. The lowest BCUT2D eigenvalue weighted by molar-refractivity contribution is 0.0600. The third-order valence-corrected chi connectivity index (χ3v) is 4.69. The fourth-order valence-electron chi connectivity index (χ4n) is 3.43. The molecule has 0 bridgehead atoms. The number of fused-ring (bicyclic) bond motifs is 1. The number of hydrogen-bond donors (Lipinski definition) is 1. The van der Waals surface area contributed by atoms with Crippen molar-refractivity contribution in [1.29, 1.82) is 0 Å². The molecule has 0 unspecified atom stereocenters. The summed E-state index contributed by atoms with van der Waals surface area (Å²) in [6.07, 6.45) is 2.76. The van der Waals surface area contributed by atoms with Crippen LogP contribution in [0.25, 0.3) is 5.69 Å². The largest absolute Gasteiger partial charge is 0.465 e. The van der Waals surface area contributed by atoms with E-state index >= 15 is 0 Å². The predicted octanol–water partition coefficient (Wildman–Crippen LogP) is 3.40. The van der Waals surface area contributed by atoms with E-state index in [1.807, 2.05) is 35.0 Å². The number of amides is 1. The van der Waals surface area contributed by atoms with Gasteiger partial charge in [0.05, 0.1) is 18.4 Å². The van der Waals surface area contributed by atoms with Crippen molar-refractivity contribution in [2.24, 2.45) is 0 Å². The van der Waals surface area contributed by atoms with Gasteiger partial charge in [0.1, 0.15) is 0 Å². The summed E-state index contributed by atoms with van der Waals surface area (Å²) in [7, 11) is 1.33. The Bertz CT molecular complexity index is 1010. The number of nitrogens with one attached hydrogen (secondary N) is 1. The number of aromatic nitrogens is 2. The smallest absolute Gasteiger partial charge is 0.337 e. The fraction of sp³-hybridized carbons (Fsp3) is 0.190. The van der Waals surface area contributed by atoms with E-state index in [9.17, 15) is 9.59 Å². The molecule has 1 aromatic heterocycles. The molecule has 1 aliphatic rings. The van der Waals surface area contributed by atoms with Crippen LogP contribution in [-0.4, -0.2) is 28.8 Å². The number of nitrogens with zero attached hydrogens (tertiary/aromatic N) is 2. The average molecular weight is 361 g/mol. The van der Waals surface area contributed by atoms with Gasteiger partial charge in [-0.2, -0.15) is 5.10 Å². The first-order chi connectivity index (χ1) is 13.2. The van der Waals surface area contributed by atoms with Gasteiger partial charge in [-0.15, -0.1) is 0 Å². The Morgan fingerprint density at radius 3 is 2.67 bits per heavy atom. The lowest BCUT2D eigenvalue weighted by atomic mass is 10.1. The number of esters is 1. The molecular formula is C21H19N3O3. The summed E-state index contributed by atoms with van der Waals surface area (Å²) in [4.78, 5) is 24.6. The van der Waals surface area contributed by atoms with Crippen molar-refractivity contribution < 1.29 is 14.3 Å². The molecule has 4 rings (SSSR count).